The van der Waals surface area contributed by atoms with Crippen LogP contribution in [0, 0.1) is 5.82 Å². The Morgan fingerprint density at radius 3 is 2.67 bits per heavy atom. The third-order valence-corrected chi connectivity index (χ3v) is 5.30. The lowest BCUT2D eigenvalue weighted by atomic mass is 10.0. The van der Waals surface area contributed by atoms with Crippen LogP contribution in [0.5, 0.6) is 0 Å². The van der Waals surface area contributed by atoms with Crippen molar-refractivity contribution in [3.8, 4) is 10.4 Å². The van der Waals surface area contributed by atoms with Crippen LogP contribution in [-0.4, -0.2) is 37.0 Å². The van der Waals surface area contributed by atoms with Crippen molar-refractivity contribution in [2.45, 2.75) is 31.9 Å². The van der Waals surface area contributed by atoms with E-state index in [0.717, 1.165) is 23.3 Å². The number of benzene rings is 1. The maximum atomic E-state index is 14.0. The number of hydrogen-bond acceptors (Lipinski definition) is 3. The van der Waals surface area contributed by atoms with Crippen LogP contribution in [0.25, 0.3) is 10.4 Å². The molecule has 2 aromatic rings. The van der Waals surface area contributed by atoms with Gasteiger partial charge in [-0.3, -0.25) is 4.90 Å². The molecule has 6 heteroatoms. The minimum Gasteiger partial charge on any atom is -0.310 e. The summed E-state index contributed by atoms with van der Waals surface area (Å²) in [7, 11) is 0. The zero-order valence-corrected chi connectivity index (χ0v) is 14.2. The number of hydrogen-bond donors (Lipinski definition) is 1. The van der Waals surface area contributed by atoms with Crippen LogP contribution in [0.3, 0.4) is 0 Å². The Morgan fingerprint density at radius 2 is 2.00 bits per heavy atom. The number of nitrogens with zero attached hydrogens (tertiary/aromatic N) is 1. The second kappa shape index (κ2) is 8.14. The fourth-order valence-corrected chi connectivity index (χ4v) is 3.82. The molecule has 0 unspecified atom stereocenters. The van der Waals surface area contributed by atoms with E-state index in [9.17, 15) is 13.2 Å². The minimum absolute atomic E-state index is 0.130. The monoisotopic (exact) mass is 354 g/mol. The van der Waals surface area contributed by atoms with Gasteiger partial charge in [-0.05, 0) is 55.1 Å². The first-order chi connectivity index (χ1) is 11.6. The molecule has 1 aromatic heterocycles. The van der Waals surface area contributed by atoms with Crippen LogP contribution in [0.1, 0.15) is 18.4 Å². The Hall–Kier alpha value is -1.37. The van der Waals surface area contributed by atoms with E-state index < -0.39 is 6.43 Å². The smallest absolute Gasteiger partial charge is 0.251 e. The molecule has 0 aliphatic carbocycles. The molecule has 3 rings (SSSR count). The molecule has 0 amide bonds. The second-order valence-corrected chi connectivity index (χ2v) is 7.09. The van der Waals surface area contributed by atoms with E-state index in [2.05, 4.69) is 5.32 Å². The van der Waals surface area contributed by atoms with Crippen LogP contribution in [0.4, 0.5) is 13.2 Å². The summed E-state index contributed by atoms with van der Waals surface area (Å²) in [4.78, 5) is 2.74. The van der Waals surface area contributed by atoms with Crippen molar-refractivity contribution in [2.75, 3.05) is 19.6 Å². The highest BCUT2D eigenvalue weighted by molar-refractivity contribution is 7.13. The Bertz CT molecular complexity index is 638. The largest absolute Gasteiger partial charge is 0.310 e. The lowest BCUT2D eigenvalue weighted by Gasteiger charge is -2.32. The molecule has 1 aliphatic heterocycles. The molecule has 0 spiro atoms. The Labute approximate surface area is 144 Å². The fraction of sp³-hybridized carbons (Fsp3) is 0.444. The summed E-state index contributed by atoms with van der Waals surface area (Å²) in [5.41, 5.74) is 1.67. The maximum absolute atomic E-state index is 14.0. The second-order valence-electron chi connectivity index (χ2n) is 6.14. The normalized spacial score (nSPS) is 16.8. The summed E-state index contributed by atoms with van der Waals surface area (Å²) in [5, 5.41) is 5.41. The third kappa shape index (κ3) is 4.59. The molecular weight excluding hydrogens is 333 g/mol. The fourth-order valence-electron chi connectivity index (χ4n) is 3.08. The van der Waals surface area contributed by atoms with Gasteiger partial charge in [0.2, 0.25) is 0 Å². The zero-order chi connectivity index (χ0) is 16.9. The number of nitrogens with one attached hydrogen (secondary N) is 1. The van der Waals surface area contributed by atoms with Crippen LogP contribution < -0.4 is 5.32 Å². The molecule has 1 aromatic carbocycles. The summed E-state index contributed by atoms with van der Waals surface area (Å²) in [6.45, 7) is 1.94. The molecule has 24 heavy (non-hydrogen) atoms. The predicted molar refractivity (Wildman–Crippen MR) is 92.0 cm³/mol. The maximum Gasteiger partial charge on any atom is 0.251 e. The molecule has 0 bridgehead atoms. The molecular formula is C18H21F3N2S. The van der Waals surface area contributed by atoms with E-state index in [0.29, 0.717) is 31.2 Å². The Kier molecular flexibility index (Phi) is 5.92. The number of likely N-dealkylation sites (tertiary alicyclic amines) is 1. The highest BCUT2D eigenvalue weighted by atomic mass is 32.1. The van der Waals surface area contributed by atoms with Gasteiger partial charge in [-0.15, -0.1) is 11.3 Å². The molecule has 1 saturated heterocycles. The lowest BCUT2D eigenvalue weighted by molar-refractivity contribution is 0.0730. The molecule has 1 fully saturated rings. The topological polar surface area (TPSA) is 15.3 Å². The number of halogens is 3. The van der Waals surface area contributed by atoms with E-state index in [-0.39, 0.29) is 12.4 Å². The molecule has 1 aliphatic rings. The summed E-state index contributed by atoms with van der Waals surface area (Å²) in [5.74, 6) is -0.207. The van der Waals surface area contributed by atoms with Crippen LogP contribution in [0.2, 0.25) is 0 Å². The van der Waals surface area contributed by atoms with Gasteiger partial charge in [0, 0.05) is 23.0 Å². The zero-order valence-electron chi connectivity index (χ0n) is 13.4. The first-order valence-corrected chi connectivity index (χ1v) is 9.06. The van der Waals surface area contributed by atoms with Gasteiger partial charge in [-0.25, -0.2) is 13.2 Å². The van der Waals surface area contributed by atoms with Crippen molar-refractivity contribution < 1.29 is 13.2 Å². The van der Waals surface area contributed by atoms with Crippen molar-refractivity contribution in [2.24, 2.45) is 0 Å². The SMILES string of the molecule is Fc1ccc(CNC2CCN(CC(F)F)CC2)cc1-c1cccs1. The van der Waals surface area contributed by atoms with Crippen molar-refractivity contribution in [3.63, 3.8) is 0 Å². The van der Waals surface area contributed by atoms with E-state index >= 15 is 0 Å². The van der Waals surface area contributed by atoms with Gasteiger partial charge in [0.05, 0.1) is 6.54 Å². The van der Waals surface area contributed by atoms with E-state index in [1.54, 1.807) is 6.07 Å². The minimum atomic E-state index is -2.26. The predicted octanol–water partition coefficient (Wildman–Crippen LogP) is 4.37. The summed E-state index contributed by atoms with van der Waals surface area (Å²) in [6.07, 6.45) is -0.526. The quantitative estimate of drug-likeness (QED) is 0.828. The van der Waals surface area contributed by atoms with Gasteiger partial charge < -0.3 is 5.32 Å². The molecule has 0 radical (unpaired) electrons. The van der Waals surface area contributed by atoms with E-state index in [1.165, 1.54) is 17.4 Å². The van der Waals surface area contributed by atoms with Gasteiger partial charge in [-0.1, -0.05) is 12.1 Å². The summed E-state index contributed by atoms with van der Waals surface area (Å²) >= 11 is 1.52. The molecule has 0 atom stereocenters. The summed E-state index contributed by atoms with van der Waals surface area (Å²) in [6, 6.07) is 9.36. The van der Waals surface area contributed by atoms with E-state index in [1.807, 2.05) is 28.5 Å². The van der Waals surface area contributed by atoms with Gasteiger partial charge in [0.15, 0.2) is 0 Å². The molecule has 1 N–H and O–H groups in total. The molecule has 2 heterocycles. The van der Waals surface area contributed by atoms with E-state index in [4.69, 9.17) is 0 Å². The van der Waals surface area contributed by atoms with Crippen LogP contribution in [0.15, 0.2) is 35.7 Å². The number of piperidine rings is 1. The van der Waals surface area contributed by atoms with Crippen molar-refractivity contribution in [1.29, 1.82) is 0 Å². The van der Waals surface area contributed by atoms with Crippen molar-refractivity contribution in [1.82, 2.24) is 10.2 Å². The van der Waals surface area contributed by atoms with Gasteiger partial charge in [0.25, 0.3) is 6.43 Å². The molecule has 0 saturated carbocycles. The van der Waals surface area contributed by atoms with Gasteiger partial charge in [-0.2, -0.15) is 0 Å². The first-order valence-electron chi connectivity index (χ1n) is 8.18. The first kappa shape index (κ1) is 17.5. The lowest BCUT2D eigenvalue weighted by Crippen LogP contribution is -2.43. The number of rotatable bonds is 6. The molecule has 2 nitrogen and oxygen atoms in total. The average Bonchev–Trinajstić information content (AvgIpc) is 3.09. The summed E-state index contributed by atoms with van der Waals surface area (Å²) < 4.78 is 38.8. The van der Waals surface area contributed by atoms with Crippen LogP contribution in [-0.2, 0) is 6.54 Å². The van der Waals surface area contributed by atoms with Crippen molar-refractivity contribution in [3.05, 3.63) is 47.1 Å². The number of alkyl halides is 2. The van der Waals surface area contributed by atoms with Crippen LogP contribution >= 0.6 is 11.3 Å². The third-order valence-electron chi connectivity index (χ3n) is 4.40. The highest BCUT2D eigenvalue weighted by Gasteiger charge is 2.21. The Morgan fingerprint density at radius 1 is 1.21 bits per heavy atom. The highest BCUT2D eigenvalue weighted by Crippen LogP contribution is 2.28. The van der Waals surface area contributed by atoms with Gasteiger partial charge >= 0.3 is 0 Å². The number of thiophene rings is 1. The average molecular weight is 354 g/mol. The Balaban J connectivity index is 1.53. The van der Waals surface area contributed by atoms with Gasteiger partial charge in [0.1, 0.15) is 5.82 Å². The van der Waals surface area contributed by atoms with Crippen molar-refractivity contribution >= 4 is 11.3 Å². The standard InChI is InChI=1S/C18H21F3N2S/c19-16-4-3-13(10-15(16)17-2-1-9-24-17)11-22-14-5-7-23(8-6-14)12-18(20)21/h1-4,9-10,14,18,22H,5-8,11-12H2. The molecule has 130 valence electrons.